The van der Waals surface area contributed by atoms with Crippen LogP contribution in [0, 0.1) is 6.92 Å². The average Bonchev–Trinajstić information content (AvgIpc) is 3.16. The van der Waals surface area contributed by atoms with Gasteiger partial charge in [-0.3, -0.25) is 4.79 Å². The number of nitrogens with zero attached hydrogens (tertiary/aromatic N) is 6. The van der Waals surface area contributed by atoms with Gasteiger partial charge in [0.15, 0.2) is 5.65 Å². The predicted octanol–water partition coefficient (Wildman–Crippen LogP) is 6.36. The third-order valence-corrected chi connectivity index (χ3v) is 8.02. The molecule has 0 atom stereocenters. The molecule has 0 saturated carbocycles. The highest BCUT2D eigenvalue weighted by Gasteiger charge is 2.26. The van der Waals surface area contributed by atoms with E-state index >= 15 is 0 Å². The third kappa shape index (κ3) is 5.64. The van der Waals surface area contributed by atoms with Gasteiger partial charge in [-0.2, -0.15) is 5.10 Å². The first-order chi connectivity index (χ1) is 20.3. The summed E-state index contributed by atoms with van der Waals surface area (Å²) in [5.41, 5.74) is 5.86. The second kappa shape index (κ2) is 11.4. The fraction of sp³-hybridized carbons (Fsp3) is 0.314. The van der Waals surface area contributed by atoms with Gasteiger partial charge in [-0.15, -0.1) is 0 Å². The van der Waals surface area contributed by atoms with Crippen molar-refractivity contribution in [3.05, 3.63) is 113 Å². The zero-order valence-corrected chi connectivity index (χ0v) is 24.9. The normalized spacial score (nSPS) is 14.3. The molecule has 3 heterocycles. The minimum absolute atomic E-state index is 0.0549. The van der Waals surface area contributed by atoms with E-state index in [-0.39, 0.29) is 11.3 Å². The van der Waals surface area contributed by atoms with Crippen LogP contribution in [-0.4, -0.2) is 56.7 Å². The van der Waals surface area contributed by atoms with E-state index in [1.807, 2.05) is 77.2 Å². The van der Waals surface area contributed by atoms with E-state index in [0.717, 1.165) is 58.1 Å². The lowest BCUT2D eigenvalue weighted by molar-refractivity contribution is 0.0767. The number of amides is 1. The number of benzene rings is 3. The van der Waals surface area contributed by atoms with Gasteiger partial charge in [0, 0.05) is 38.2 Å². The SMILES string of the molecule is Cc1nn(-c2ccccc2)c2nc(Cc3ccccc3)nc(N3CCCN(C(=O)c4ccc(C(C)(C)C)cc4)CC3)c12. The lowest BCUT2D eigenvalue weighted by atomic mass is 9.86. The summed E-state index contributed by atoms with van der Waals surface area (Å²) >= 11 is 0. The molecule has 3 aromatic carbocycles. The summed E-state index contributed by atoms with van der Waals surface area (Å²) in [6, 6.07) is 28.6. The summed E-state index contributed by atoms with van der Waals surface area (Å²) in [7, 11) is 0. The van der Waals surface area contributed by atoms with Crippen molar-refractivity contribution in [2.75, 3.05) is 31.1 Å². The van der Waals surface area contributed by atoms with Crippen molar-refractivity contribution in [2.24, 2.45) is 0 Å². The highest BCUT2D eigenvalue weighted by molar-refractivity contribution is 5.94. The van der Waals surface area contributed by atoms with Gasteiger partial charge in [-0.05, 0) is 54.2 Å². The number of aryl methyl sites for hydroxylation is 1. The molecule has 7 nitrogen and oxygen atoms in total. The van der Waals surface area contributed by atoms with Gasteiger partial charge in [0.25, 0.3) is 5.91 Å². The Morgan fingerprint density at radius 3 is 2.19 bits per heavy atom. The monoisotopic (exact) mass is 558 g/mol. The first-order valence-electron chi connectivity index (χ1n) is 14.8. The van der Waals surface area contributed by atoms with Gasteiger partial charge in [0.1, 0.15) is 11.6 Å². The highest BCUT2D eigenvalue weighted by Crippen LogP contribution is 2.30. The number of aromatic nitrogens is 4. The van der Waals surface area contributed by atoms with E-state index in [1.165, 1.54) is 5.56 Å². The predicted molar refractivity (Wildman–Crippen MR) is 169 cm³/mol. The van der Waals surface area contributed by atoms with Crippen molar-refractivity contribution in [1.82, 2.24) is 24.6 Å². The number of anilines is 1. The van der Waals surface area contributed by atoms with Gasteiger partial charge < -0.3 is 9.80 Å². The molecule has 0 N–H and O–H groups in total. The number of carbonyl (C=O) groups excluding carboxylic acids is 1. The molecular formula is C35H38N6O. The second-order valence-electron chi connectivity index (χ2n) is 12.1. The van der Waals surface area contributed by atoms with Crippen molar-refractivity contribution in [3.8, 4) is 5.69 Å². The zero-order chi connectivity index (χ0) is 29.3. The number of rotatable bonds is 5. The topological polar surface area (TPSA) is 67.2 Å². The lowest BCUT2D eigenvalue weighted by Crippen LogP contribution is -2.35. The largest absolute Gasteiger partial charge is 0.354 e. The van der Waals surface area contributed by atoms with Crippen molar-refractivity contribution in [1.29, 1.82) is 0 Å². The molecule has 0 aliphatic carbocycles. The van der Waals surface area contributed by atoms with Crippen LogP contribution in [0.25, 0.3) is 16.7 Å². The van der Waals surface area contributed by atoms with E-state index in [9.17, 15) is 4.79 Å². The first kappa shape index (κ1) is 27.6. The zero-order valence-electron chi connectivity index (χ0n) is 24.9. The molecule has 214 valence electrons. The summed E-state index contributed by atoms with van der Waals surface area (Å²) < 4.78 is 1.93. The highest BCUT2D eigenvalue weighted by atomic mass is 16.2. The molecule has 0 bridgehead atoms. The Morgan fingerprint density at radius 2 is 1.50 bits per heavy atom. The Balaban J connectivity index is 1.32. The van der Waals surface area contributed by atoms with E-state index < -0.39 is 0 Å². The maximum absolute atomic E-state index is 13.5. The van der Waals surface area contributed by atoms with E-state index in [0.29, 0.717) is 26.1 Å². The van der Waals surface area contributed by atoms with Crippen LogP contribution in [0.15, 0.2) is 84.9 Å². The first-order valence-corrected chi connectivity index (χ1v) is 14.8. The molecule has 1 aliphatic heterocycles. The van der Waals surface area contributed by atoms with Crippen LogP contribution in [0.1, 0.15) is 60.2 Å². The summed E-state index contributed by atoms with van der Waals surface area (Å²) in [6.45, 7) is 11.4. The molecule has 7 heteroatoms. The Labute approximate surface area is 247 Å². The lowest BCUT2D eigenvalue weighted by Gasteiger charge is -2.24. The second-order valence-corrected chi connectivity index (χ2v) is 12.1. The molecule has 0 spiro atoms. The van der Waals surface area contributed by atoms with Crippen molar-refractivity contribution < 1.29 is 4.79 Å². The van der Waals surface area contributed by atoms with Gasteiger partial charge in [-0.25, -0.2) is 14.6 Å². The molecule has 6 rings (SSSR count). The van der Waals surface area contributed by atoms with E-state index in [1.54, 1.807) is 0 Å². The van der Waals surface area contributed by atoms with Gasteiger partial charge >= 0.3 is 0 Å². The average molecular weight is 559 g/mol. The molecule has 5 aromatic rings. The maximum Gasteiger partial charge on any atom is 0.253 e. The van der Waals surface area contributed by atoms with Crippen LogP contribution < -0.4 is 4.90 Å². The molecular weight excluding hydrogens is 520 g/mol. The molecule has 2 aromatic heterocycles. The van der Waals surface area contributed by atoms with Crippen LogP contribution >= 0.6 is 0 Å². The van der Waals surface area contributed by atoms with Crippen LogP contribution in [-0.2, 0) is 11.8 Å². The van der Waals surface area contributed by atoms with E-state index in [2.05, 4.69) is 49.9 Å². The van der Waals surface area contributed by atoms with E-state index in [4.69, 9.17) is 15.1 Å². The number of hydrogen-bond donors (Lipinski definition) is 0. The minimum atomic E-state index is 0.0549. The minimum Gasteiger partial charge on any atom is -0.354 e. The Bertz CT molecular complexity index is 1690. The fourth-order valence-corrected chi connectivity index (χ4v) is 5.67. The van der Waals surface area contributed by atoms with Crippen molar-refractivity contribution >= 4 is 22.8 Å². The molecule has 1 amide bonds. The fourth-order valence-electron chi connectivity index (χ4n) is 5.67. The number of hydrogen-bond acceptors (Lipinski definition) is 5. The summed E-state index contributed by atoms with van der Waals surface area (Å²) in [5.74, 6) is 1.74. The van der Waals surface area contributed by atoms with Crippen molar-refractivity contribution in [2.45, 2.75) is 46.0 Å². The molecule has 1 saturated heterocycles. The van der Waals surface area contributed by atoms with Crippen LogP contribution in [0.5, 0.6) is 0 Å². The standard InChI is InChI=1S/C35H38N6O/c1-25-31-32(39-20-11-21-40(23-22-39)34(42)27-16-18-28(19-17-27)35(2,3)4)36-30(24-26-12-7-5-8-13-26)37-33(31)41(38-25)29-14-9-6-10-15-29/h5-10,12-19H,11,20-24H2,1-4H3. The third-order valence-electron chi connectivity index (χ3n) is 8.02. The quantitative estimate of drug-likeness (QED) is 0.251. The summed E-state index contributed by atoms with van der Waals surface area (Å²) in [4.78, 5) is 28.0. The van der Waals surface area contributed by atoms with Gasteiger partial charge in [0.05, 0.1) is 16.8 Å². The van der Waals surface area contributed by atoms with Crippen LogP contribution in [0.4, 0.5) is 5.82 Å². The number of fused-ring (bicyclic) bond motifs is 1. The number of para-hydroxylation sites is 1. The molecule has 1 aliphatic rings. The summed E-state index contributed by atoms with van der Waals surface area (Å²) in [5, 5.41) is 5.88. The Hall–Kier alpha value is -4.52. The summed E-state index contributed by atoms with van der Waals surface area (Å²) in [6.07, 6.45) is 1.49. The van der Waals surface area contributed by atoms with Gasteiger partial charge in [-0.1, -0.05) is 81.4 Å². The molecule has 0 unspecified atom stereocenters. The van der Waals surface area contributed by atoms with Gasteiger partial charge in [0.2, 0.25) is 0 Å². The van der Waals surface area contributed by atoms with Crippen LogP contribution in [0.2, 0.25) is 0 Å². The van der Waals surface area contributed by atoms with Crippen LogP contribution in [0.3, 0.4) is 0 Å². The Kier molecular flexibility index (Phi) is 7.50. The maximum atomic E-state index is 13.5. The smallest absolute Gasteiger partial charge is 0.253 e. The van der Waals surface area contributed by atoms with Crippen molar-refractivity contribution in [3.63, 3.8) is 0 Å². The molecule has 1 fully saturated rings. The Morgan fingerprint density at radius 1 is 0.810 bits per heavy atom. The number of carbonyl (C=O) groups is 1. The molecule has 42 heavy (non-hydrogen) atoms. The molecule has 0 radical (unpaired) electrons.